The molecular weight excluding hydrogens is 422 g/mol. The number of benzene rings is 2. The molecule has 1 aromatic heterocycles. The number of aromatic nitrogens is 1. The van der Waals surface area contributed by atoms with E-state index in [1.807, 2.05) is 0 Å². The molecule has 1 aliphatic heterocycles. The van der Waals surface area contributed by atoms with E-state index >= 15 is 0 Å². The number of carboxylic acid groups (broad SMARTS) is 1. The summed E-state index contributed by atoms with van der Waals surface area (Å²) in [7, 11) is 0. The Labute approximate surface area is 174 Å². The van der Waals surface area contributed by atoms with Gasteiger partial charge < -0.3 is 9.67 Å². The van der Waals surface area contributed by atoms with Gasteiger partial charge in [0.05, 0.1) is 21.8 Å². The normalized spacial score (nSPS) is 13.9. The second-order valence-electron chi connectivity index (χ2n) is 7.16. The Morgan fingerprint density at radius 1 is 1.07 bits per heavy atom. The summed E-state index contributed by atoms with van der Waals surface area (Å²) >= 11 is 6.20. The van der Waals surface area contributed by atoms with Crippen LogP contribution in [-0.2, 0) is 19.1 Å². The van der Waals surface area contributed by atoms with E-state index in [0.717, 1.165) is 25.0 Å². The maximum atomic E-state index is 14.7. The average molecular weight is 438 g/mol. The highest BCUT2D eigenvalue weighted by atomic mass is 35.5. The number of halogens is 5. The lowest BCUT2D eigenvalue weighted by Gasteiger charge is -2.21. The topological polar surface area (TPSA) is 42.2 Å². The first-order valence-corrected chi connectivity index (χ1v) is 9.68. The molecule has 2 heterocycles. The first kappa shape index (κ1) is 20.5. The minimum atomic E-state index is -4.60. The van der Waals surface area contributed by atoms with E-state index in [2.05, 4.69) is 0 Å². The van der Waals surface area contributed by atoms with Crippen LogP contribution in [0.15, 0.2) is 42.5 Å². The van der Waals surface area contributed by atoms with E-state index in [9.17, 15) is 22.4 Å². The highest BCUT2D eigenvalue weighted by Gasteiger charge is 2.36. The highest BCUT2D eigenvalue weighted by Crippen LogP contribution is 2.44. The number of rotatable bonds is 3. The second-order valence-corrected chi connectivity index (χ2v) is 7.57. The summed E-state index contributed by atoms with van der Waals surface area (Å²) < 4.78 is 57.5. The number of nitrogens with zero attached hydrogens (tertiary/aromatic N) is 1. The van der Waals surface area contributed by atoms with Crippen LogP contribution in [0.1, 0.15) is 34.5 Å². The van der Waals surface area contributed by atoms with Crippen molar-refractivity contribution in [3.63, 3.8) is 0 Å². The van der Waals surface area contributed by atoms with Crippen molar-refractivity contribution >= 4 is 17.6 Å². The second kappa shape index (κ2) is 7.47. The summed E-state index contributed by atoms with van der Waals surface area (Å²) in [5, 5.41) is 9.02. The molecule has 0 amide bonds. The van der Waals surface area contributed by atoms with Gasteiger partial charge in [0.1, 0.15) is 5.82 Å². The van der Waals surface area contributed by atoms with Gasteiger partial charge in [0.2, 0.25) is 0 Å². The van der Waals surface area contributed by atoms with Gasteiger partial charge in [-0.3, -0.25) is 0 Å². The van der Waals surface area contributed by atoms with Crippen LogP contribution in [0.3, 0.4) is 0 Å². The summed E-state index contributed by atoms with van der Waals surface area (Å²) in [6.45, 7) is 0.488. The molecule has 0 bridgehead atoms. The molecule has 4 rings (SSSR count). The fourth-order valence-corrected chi connectivity index (χ4v) is 4.28. The zero-order valence-corrected chi connectivity index (χ0v) is 16.3. The molecular formula is C22H16ClF4NO2. The molecule has 0 unspecified atom stereocenters. The van der Waals surface area contributed by atoms with Crippen LogP contribution >= 0.6 is 11.6 Å². The molecule has 0 atom stereocenters. The van der Waals surface area contributed by atoms with E-state index in [1.54, 1.807) is 4.57 Å². The van der Waals surface area contributed by atoms with Crippen molar-refractivity contribution in [3.8, 4) is 22.4 Å². The third-order valence-corrected chi connectivity index (χ3v) is 5.65. The smallest absolute Gasteiger partial charge is 0.417 e. The van der Waals surface area contributed by atoms with E-state index in [4.69, 9.17) is 16.7 Å². The molecule has 2 aromatic carbocycles. The number of hydrogen-bond acceptors (Lipinski definition) is 1. The number of carboxylic acids is 1. The quantitative estimate of drug-likeness (QED) is 0.465. The van der Waals surface area contributed by atoms with Crippen molar-refractivity contribution in [2.24, 2.45) is 0 Å². The van der Waals surface area contributed by atoms with Gasteiger partial charge in [-0.05, 0) is 49.6 Å². The predicted molar refractivity (Wildman–Crippen MR) is 105 cm³/mol. The molecule has 156 valence electrons. The summed E-state index contributed by atoms with van der Waals surface area (Å²) in [4.78, 5) is 11.1. The van der Waals surface area contributed by atoms with Gasteiger partial charge in [0.25, 0.3) is 0 Å². The largest absolute Gasteiger partial charge is 0.478 e. The third-order valence-electron chi connectivity index (χ3n) is 5.34. The van der Waals surface area contributed by atoms with Crippen molar-refractivity contribution < 1.29 is 27.5 Å². The number of carbonyl (C=O) groups is 1. The van der Waals surface area contributed by atoms with Gasteiger partial charge in [-0.25, -0.2) is 9.18 Å². The molecule has 0 radical (unpaired) electrons. The van der Waals surface area contributed by atoms with Crippen LogP contribution in [0.2, 0.25) is 5.02 Å². The zero-order chi connectivity index (χ0) is 21.6. The summed E-state index contributed by atoms with van der Waals surface area (Å²) in [5.41, 5.74) is 0.406. The van der Waals surface area contributed by atoms with Crippen LogP contribution < -0.4 is 0 Å². The number of fused-ring (bicyclic) bond motifs is 1. The first-order valence-electron chi connectivity index (χ1n) is 9.30. The SMILES string of the molecule is O=C(O)c1ccc(-c2cc(-c3c(Cl)cccc3C(F)(F)F)n3c2CCCC3)c(F)c1. The van der Waals surface area contributed by atoms with E-state index in [-0.39, 0.29) is 27.4 Å². The average Bonchev–Trinajstić information content (AvgIpc) is 3.06. The summed E-state index contributed by atoms with van der Waals surface area (Å²) in [6, 6.07) is 8.70. The fourth-order valence-electron chi connectivity index (χ4n) is 4.00. The molecule has 8 heteroatoms. The van der Waals surface area contributed by atoms with Crippen LogP contribution in [0.4, 0.5) is 17.6 Å². The lowest BCUT2D eigenvalue weighted by atomic mass is 9.99. The van der Waals surface area contributed by atoms with Crippen molar-refractivity contribution in [2.45, 2.75) is 32.0 Å². The lowest BCUT2D eigenvalue weighted by molar-refractivity contribution is -0.137. The van der Waals surface area contributed by atoms with Crippen LogP contribution in [0, 0.1) is 5.82 Å². The maximum Gasteiger partial charge on any atom is 0.417 e. The Bertz CT molecular complexity index is 1150. The molecule has 0 fully saturated rings. The molecule has 0 spiro atoms. The van der Waals surface area contributed by atoms with Crippen molar-refractivity contribution in [1.29, 1.82) is 0 Å². The van der Waals surface area contributed by atoms with Crippen LogP contribution in [-0.4, -0.2) is 15.6 Å². The Kier molecular flexibility index (Phi) is 5.10. The van der Waals surface area contributed by atoms with Gasteiger partial charge >= 0.3 is 12.1 Å². The molecule has 1 N–H and O–H groups in total. The fraction of sp³-hybridized carbons (Fsp3) is 0.227. The van der Waals surface area contributed by atoms with Gasteiger partial charge in [-0.2, -0.15) is 13.2 Å². The molecule has 1 aliphatic rings. The number of aromatic carboxylic acids is 1. The Morgan fingerprint density at radius 3 is 2.50 bits per heavy atom. The Hall–Kier alpha value is -2.80. The summed E-state index contributed by atoms with van der Waals surface area (Å²) in [6.07, 6.45) is -2.43. The standard InChI is InChI=1S/C22H16ClF4NO2/c23-16-5-3-4-15(22(25,26)27)20(16)19-11-14(18-6-1-2-9-28(18)19)13-8-7-12(21(29)30)10-17(13)24/h3-5,7-8,10-11H,1-2,6,9H2,(H,29,30). The number of alkyl halides is 3. The molecule has 3 aromatic rings. The van der Waals surface area contributed by atoms with E-state index in [0.29, 0.717) is 24.2 Å². The minimum Gasteiger partial charge on any atom is -0.478 e. The van der Waals surface area contributed by atoms with Crippen molar-refractivity contribution in [1.82, 2.24) is 4.57 Å². The van der Waals surface area contributed by atoms with Gasteiger partial charge in [0.15, 0.2) is 0 Å². The molecule has 3 nitrogen and oxygen atoms in total. The van der Waals surface area contributed by atoms with Crippen molar-refractivity contribution in [2.75, 3.05) is 0 Å². The minimum absolute atomic E-state index is 0.0380. The molecule has 0 saturated heterocycles. The van der Waals surface area contributed by atoms with Crippen molar-refractivity contribution in [3.05, 3.63) is 70.1 Å². The monoisotopic (exact) mass is 437 g/mol. The highest BCUT2D eigenvalue weighted by molar-refractivity contribution is 6.33. The Morgan fingerprint density at radius 2 is 1.83 bits per heavy atom. The Balaban J connectivity index is 1.97. The summed E-state index contributed by atoms with van der Waals surface area (Å²) in [5.74, 6) is -2.00. The number of hydrogen-bond donors (Lipinski definition) is 1. The molecule has 0 aliphatic carbocycles. The predicted octanol–water partition coefficient (Wildman–Crippen LogP) is 6.67. The first-order chi connectivity index (χ1) is 14.2. The van der Waals surface area contributed by atoms with Gasteiger partial charge in [-0.1, -0.05) is 23.7 Å². The van der Waals surface area contributed by atoms with Crippen LogP contribution in [0.5, 0.6) is 0 Å². The lowest BCUT2D eigenvalue weighted by Crippen LogP contribution is -2.14. The zero-order valence-electron chi connectivity index (χ0n) is 15.6. The maximum absolute atomic E-state index is 14.7. The molecule has 0 saturated carbocycles. The van der Waals surface area contributed by atoms with Crippen LogP contribution in [0.25, 0.3) is 22.4 Å². The van der Waals surface area contributed by atoms with Gasteiger partial charge in [-0.15, -0.1) is 0 Å². The molecule has 30 heavy (non-hydrogen) atoms. The third kappa shape index (κ3) is 3.47. The van der Waals surface area contributed by atoms with E-state index in [1.165, 1.54) is 30.3 Å². The van der Waals surface area contributed by atoms with Gasteiger partial charge in [0, 0.05) is 28.9 Å². The van der Waals surface area contributed by atoms with E-state index < -0.39 is 23.5 Å².